The lowest BCUT2D eigenvalue weighted by Gasteiger charge is -2.41. The molecule has 0 N–H and O–H groups in total. The molecule has 1 amide bonds. The Morgan fingerprint density at radius 1 is 1.00 bits per heavy atom. The van der Waals surface area contributed by atoms with Crippen LogP contribution in [0, 0.1) is 15.2 Å². The fourth-order valence-electron chi connectivity index (χ4n) is 4.08. The highest BCUT2D eigenvalue weighted by Crippen LogP contribution is 2.36. The third-order valence-electron chi connectivity index (χ3n) is 5.55. The lowest BCUT2D eigenvalue weighted by Crippen LogP contribution is -2.48. The third-order valence-corrected chi connectivity index (χ3v) is 5.80. The SMILES string of the molecule is O=NC(=O)/C(=C/C(=O)C1(Cc2ccc(Cl)cc2)CCCN(Cc2ccccc2)C1)N=O. The zero-order chi connectivity index (χ0) is 22.3. The zero-order valence-corrected chi connectivity index (χ0v) is 17.6. The van der Waals surface area contributed by atoms with Gasteiger partial charge in [-0.05, 0) is 54.2 Å². The van der Waals surface area contributed by atoms with E-state index in [1.807, 2.05) is 42.5 Å². The van der Waals surface area contributed by atoms with Gasteiger partial charge < -0.3 is 0 Å². The number of halogens is 1. The number of nitroso groups, excluding NO2 is 2. The molecule has 1 atom stereocenters. The summed E-state index contributed by atoms with van der Waals surface area (Å²) in [6.45, 7) is 1.93. The largest absolute Gasteiger partial charge is 0.338 e. The van der Waals surface area contributed by atoms with Crippen molar-refractivity contribution in [2.24, 2.45) is 15.8 Å². The van der Waals surface area contributed by atoms with Gasteiger partial charge in [-0.2, -0.15) is 0 Å². The summed E-state index contributed by atoms with van der Waals surface area (Å²) >= 11 is 5.99. The van der Waals surface area contributed by atoms with Gasteiger partial charge in [0.1, 0.15) is 0 Å². The predicted octanol–water partition coefficient (Wildman–Crippen LogP) is 4.68. The quantitative estimate of drug-likeness (QED) is 0.439. The van der Waals surface area contributed by atoms with E-state index in [9.17, 15) is 19.4 Å². The monoisotopic (exact) mass is 439 g/mol. The number of rotatable bonds is 8. The summed E-state index contributed by atoms with van der Waals surface area (Å²) in [6.07, 6.45) is 2.62. The lowest BCUT2D eigenvalue weighted by molar-refractivity contribution is -0.127. The lowest BCUT2D eigenvalue weighted by atomic mass is 9.71. The normalized spacial score (nSPS) is 19.6. The summed E-state index contributed by atoms with van der Waals surface area (Å²) in [4.78, 5) is 48.7. The summed E-state index contributed by atoms with van der Waals surface area (Å²) in [5.74, 6) is -1.76. The molecule has 1 aliphatic heterocycles. The molecule has 2 aromatic rings. The van der Waals surface area contributed by atoms with Crippen molar-refractivity contribution in [2.75, 3.05) is 13.1 Å². The summed E-state index contributed by atoms with van der Waals surface area (Å²) < 4.78 is 0. The highest BCUT2D eigenvalue weighted by Gasteiger charge is 2.41. The van der Waals surface area contributed by atoms with Gasteiger partial charge >= 0.3 is 5.91 Å². The second-order valence-electron chi connectivity index (χ2n) is 7.76. The van der Waals surface area contributed by atoms with Gasteiger partial charge in [-0.3, -0.25) is 14.5 Å². The molecule has 0 bridgehead atoms. The molecule has 8 heteroatoms. The molecule has 7 nitrogen and oxygen atoms in total. The minimum absolute atomic E-state index is 0.402. The molecule has 31 heavy (non-hydrogen) atoms. The van der Waals surface area contributed by atoms with Gasteiger partial charge in [0.05, 0.1) is 0 Å². The summed E-state index contributed by atoms with van der Waals surface area (Å²) in [5.41, 5.74) is 0.396. The van der Waals surface area contributed by atoms with Crippen molar-refractivity contribution < 1.29 is 9.59 Å². The molecule has 1 unspecified atom stereocenters. The standard InChI is InChI=1S/C23H22ClN3O4/c24-19-9-7-17(8-10-19)14-23(21(28)13-20(25-30)22(29)26-31)11-4-12-27(16-23)15-18-5-2-1-3-6-18/h1-3,5-10,13H,4,11-12,14-16H2/b20-13-. The van der Waals surface area contributed by atoms with Gasteiger partial charge in [0.15, 0.2) is 11.5 Å². The van der Waals surface area contributed by atoms with Crippen molar-refractivity contribution in [2.45, 2.75) is 25.8 Å². The Morgan fingerprint density at radius 3 is 2.35 bits per heavy atom. The molecule has 3 rings (SSSR count). The predicted molar refractivity (Wildman–Crippen MR) is 118 cm³/mol. The number of hydrogen-bond acceptors (Lipinski definition) is 6. The van der Waals surface area contributed by atoms with E-state index < -0.39 is 22.8 Å². The number of carbonyl (C=O) groups excluding carboxylic acids is 2. The first kappa shape index (κ1) is 22.7. The van der Waals surface area contributed by atoms with Crippen molar-refractivity contribution in [1.82, 2.24) is 4.90 Å². The first-order chi connectivity index (χ1) is 15.0. The number of nitrogens with zero attached hydrogens (tertiary/aromatic N) is 3. The van der Waals surface area contributed by atoms with E-state index >= 15 is 0 Å². The average Bonchev–Trinajstić information content (AvgIpc) is 2.79. The molecule has 0 aliphatic carbocycles. The number of allylic oxidation sites excluding steroid dienone is 1. The first-order valence-corrected chi connectivity index (χ1v) is 10.3. The van der Waals surface area contributed by atoms with E-state index in [2.05, 4.69) is 15.3 Å². The Bertz CT molecular complexity index is 992. The van der Waals surface area contributed by atoms with E-state index in [1.165, 1.54) is 0 Å². The van der Waals surface area contributed by atoms with Crippen molar-refractivity contribution in [1.29, 1.82) is 0 Å². The fraction of sp³-hybridized carbons (Fsp3) is 0.304. The zero-order valence-electron chi connectivity index (χ0n) is 16.9. The van der Waals surface area contributed by atoms with E-state index in [0.717, 1.165) is 30.2 Å². The van der Waals surface area contributed by atoms with Crippen LogP contribution in [0.1, 0.15) is 24.0 Å². The Balaban J connectivity index is 1.93. The summed E-state index contributed by atoms with van der Waals surface area (Å²) in [5, 5.41) is 5.35. The van der Waals surface area contributed by atoms with Crippen molar-refractivity contribution in [3.63, 3.8) is 0 Å². The second-order valence-corrected chi connectivity index (χ2v) is 8.20. The molecule has 0 spiro atoms. The molecular weight excluding hydrogens is 418 g/mol. The van der Waals surface area contributed by atoms with Crippen LogP contribution in [0.25, 0.3) is 0 Å². The molecule has 2 aromatic carbocycles. The summed E-state index contributed by atoms with van der Waals surface area (Å²) in [6, 6.07) is 17.2. The van der Waals surface area contributed by atoms with Crippen molar-refractivity contribution in [3.05, 3.63) is 92.3 Å². The Hall–Kier alpha value is -3.03. The Morgan fingerprint density at radius 2 is 1.71 bits per heavy atom. The number of carbonyl (C=O) groups is 2. The Kier molecular flexibility index (Phi) is 7.55. The molecule has 0 radical (unpaired) electrons. The molecule has 1 saturated heterocycles. The first-order valence-electron chi connectivity index (χ1n) is 9.94. The molecule has 1 fully saturated rings. The van der Waals surface area contributed by atoms with Crippen LogP contribution in [0.15, 0.2) is 76.7 Å². The highest BCUT2D eigenvalue weighted by atomic mass is 35.5. The number of benzene rings is 2. The Labute approximate surface area is 185 Å². The maximum absolute atomic E-state index is 13.4. The van der Waals surface area contributed by atoms with Crippen LogP contribution in [0.2, 0.25) is 5.02 Å². The van der Waals surface area contributed by atoms with Gasteiger partial charge in [0.2, 0.25) is 0 Å². The van der Waals surface area contributed by atoms with Gasteiger partial charge in [-0.25, -0.2) is 0 Å². The minimum atomic E-state index is -1.35. The number of amides is 1. The van der Waals surface area contributed by atoms with E-state index in [4.69, 9.17) is 11.6 Å². The van der Waals surface area contributed by atoms with Gasteiger partial charge in [0, 0.05) is 34.8 Å². The second kappa shape index (κ2) is 10.3. The highest BCUT2D eigenvalue weighted by molar-refractivity contribution is 6.30. The van der Waals surface area contributed by atoms with Gasteiger partial charge in [-0.15, -0.1) is 9.81 Å². The van der Waals surface area contributed by atoms with Crippen LogP contribution in [0.3, 0.4) is 0 Å². The minimum Gasteiger partial charge on any atom is -0.298 e. The van der Waals surface area contributed by atoms with Crippen LogP contribution >= 0.6 is 11.6 Å². The summed E-state index contributed by atoms with van der Waals surface area (Å²) in [7, 11) is 0. The number of piperidine rings is 1. The van der Waals surface area contributed by atoms with E-state index in [-0.39, 0.29) is 0 Å². The maximum atomic E-state index is 13.4. The molecule has 0 saturated carbocycles. The van der Waals surface area contributed by atoms with Crippen LogP contribution in [0.4, 0.5) is 0 Å². The molecule has 160 valence electrons. The number of likely N-dealkylation sites (tertiary alicyclic amines) is 1. The molecule has 1 aliphatic rings. The van der Waals surface area contributed by atoms with Crippen molar-refractivity contribution >= 4 is 23.3 Å². The fourth-order valence-corrected chi connectivity index (χ4v) is 4.21. The third kappa shape index (κ3) is 5.77. The topological polar surface area (TPSA) is 96.2 Å². The number of ketones is 1. The van der Waals surface area contributed by atoms with Crippen LogP contribution in [-0.2, 0) is 22.6 Å². The number of hydrogen-bond donors (Lipinski definition) is 0. The maximum Gasteiger partial charge on any atom is 0.338 e. The van der Waals surface area contributed by atoms with Gasteiger partial charge in [0.25, 0.3) is 0 Å². The van der Waals surface area contributed by atoms with Gasteiger partial charge in [-0.1, -0.05) is 54.1 Å². The van der Waals surface area contributed by atoms with Crippen molar-refractivity contribution in [3.8, 4) is 0 Å². The van der Waals surface area contributed by atoms with E-state index in [1.54, 1.807) is 12.1 Å². The molecule has 1 heterocycles. The molecular formula is C23H22ClN3O4. The smallest absolute Gasteiger partial charge is 0.298 e. The van der Waals surface area contributed by atoms with Crippen LogP contribution < -0.4 is 0 Å². The van der Waals surface area contributed by atoms with Crippen LogP contribution in [0.5, 0.6) is 0 Å². The average molecular weight is 440 g/mol. The van der Waals surface area contributed by atoms with E-state index in [0.29, 0.717) is 31.0 Å². The van der Waals surface area contributed by atoms with Crippen LogP contribution in [-0.4, -0.2) is 29.7 Å². The molecule has 0 aromatic heterocycles.